The second-order valence-electron chi connectivity index (χ2n) is 2.26. The highest BCUT2D eigenvalue weighted by molar-refractivity contribution is 5.81. The summed E-state index contributed by atoms with van der Waals surface area (Å²) in [5.41, 5.74) is 0. The lowest BCUT2D eigenvalue weighted by molar-refractivity contribution is -0.141. The van der Waals surface area contributed by atoms with E-state index in [0.717, 1.165) is 6.54 Å². The van der Waals surface area contributed by atoms with E-state index in [0.29, 0.717) is 6.54 Å². The molecule has 0 spiro atoms. The summed E-state index contributed by atoms with van der Waals surface area (Å²) in [5.74, 6) is -0.365. The molecule has 0 bridgehead atoms. The van der Waals surface area contributed by atoms with Crippen molar-refractivity contribution in [3.63, 3.8) is 0 Å². The van der Waals surface area contributed by atoms with Crippen molar-refractivity contribution in [3.8, 4) is 0 Å². The van der Waals surface area contributed by atoms with Gasteiger partial charge in [-0.3, -0.25) is 0 Å². The molecule has 0 aromatic heterocycles. The second kappa shape index (κ2) is 5.92. The SMILES string of the molecule is C=CC(=O)OC(C)CNCC. The van der Waals surface area contributed by atoms with Crippen LogP contribution in [0.1, 0.15) is 13.8 Å². The molecule has 0 saturated carbocycles. The van der Waals surface area contributed by atoms with E-state index in [1.54, 1.807) is 0 Å². The van der Waals surface area contributed by atoms with E-state index >= 15 is 0 Å². The van der Waals surface area contributed by atoms with Crippen LogP contribution in [0.5, 0.6) is 0 Å². The Morgan fingerprint density at radius 2 is 2.45 bits per heavy atom. The van der Waals surface area contributed by atoms with E-state index in [2.05, 4.69) is 11.9 Å². The number of carbonyl (C=O) groups is 1. The monoisotopic (exact) mass is 157 g/mol. The highest BCUT2D eigenvalue weighted by Crippen LogP contribution is 1.89. The molecule has 0 aliphatic heterocycles. The summed E-state index contributed by atoms with van der Waals surface area (Å²) in [5, 5.41) is 3.07. The first-order chi connectivity index (χ1) is 5.20. The van der Waals surface area contributed by atoms with Crippen LogP contribution in [-0.4, -0.2) is 25.2 Å². The van der Waals surface area contributed by atoms with Crippen molar-refractivity contribution < 1.29 is 9.53 Å². The average molecular weight is 157 g/mol. The molecule has 3 heteroatoms. The molecule has 11 heavy (non-hydrogen) atoms. The minimum absolute atomic E-state index is 0.0829. The van der Waals surface area contributed by atoms with E-state index in [1.807, 2.05) is 13.8 Å². The highest BCUT2D eigenvalue weighted by Gasteiger charge is 2.03. The van der Waals surface area contributed by atoms with Crippen LogP contribution in [-0.2, 0) is 9.53 Å². The van der Waals surface area contributed by atoms with Crippen LogP contribution in [0.2, 0.25) is 0 Å². The first-order valence-corrected chi connectivity index (χ1v) is 3.74. The zero-order chi connectivity index (χ0) is 8.69. The Morgan fingerprint density at radius 1 is 1.82 bits per heavy atom. The van der Waals surface area contributed by atoms with E-state index in [4.69, 9.17) is 4.74 Å². The Hall–Kier alpha value is -0.830. The second-order valence-corrected chi connectivity index (χ2v) is 2.26. The molecule has 1 N–H and O–H groups in total. The molecule has 0 radical (unpaired) electrons. The third-order valence-corrected chi connectivity index (χ3v) is 1.17. The van der Waals surface area contributed by atoms with Crippen LogP contribution in [0.25, 0.3) is 0 Å². The maximum absolute atomic E-state index is 10.6. The predicted molar refractivity (Wildman–Crippen MR) is 44.3 cm³/mol. The van der Waals surface area contributed by atoms with Crippen LogP contribution in [0.15, 0.2) is 12.7 Å². The maximum Gasteiger partial charge on any atom is 0.330 e. The number of carbonyl (C=O) groups excluding carboxylic acids is 1. The van der Waals surface area contributed by atoms with Gasteiger partial charge in [-0.05, 0) is 13.5 Å². The molecular formula is C8H15NO2. The van der Waals surface area contributed by atoms with Gasteiger partial charge in [0, 0.05) is 12.6 Å². The summed E-state index contributed by atoms with van der Waals surface area (Å²) in [6.45, 7) is 8.71. The van der Waals surface area contributed by atoms with Gasteiger partial charge in [0.25, 0.3) is 0 Å². The summed E-state index contributed by atoms with van der Waals surface area (Å²) < 4.78 is 4.88. The minimum Gasteiger partial charge on any atom is -0.458 e. The first kappa shape index (κ1) is 10.2. The lowest BCUT2D eigenvalue weighted by Crippen LogP contribution is -2.28. The first-order valence-electron chi connectivity index (χ1n) is 3.74. The van der Waals surface area contributed by atoms with Gasteiger partial charge in [-0.25, -0.2) is 4.79 Å². The van der Waals surface area contributed by atoms with Gasteiger partial charge < -0.3 is 10.1 Å². The van der Waals surface area contributed by atoms with Crippen molar-refractivity contribution in [1.29, 1.82) is 0 Å². The summed E-state index contributed by atoms with van der Waals surface area (Å²) in [6, 6.07) is 0. The Labute approximate surface area is 67.4 Å². The van der Waals surface area contributed by atoms with Crippen molar-refractivity contribution in [2.45, 2.75) is 20.0 Å². The van der Waals surface area contributed by atoms with Crippen molar-refractivity contribution in [3.05, 3.63) is 12.7 Å². The molecule has 0 aliphatic carbocycles. The van der Waals surface area contributed by atoms with Crippen molar-refractivity contribution in [2.75, 3.05) is 13.1 Å². The lowest BCUT2D eigenvalue weighted by Gasteiger charge is -2.11. The van der Waals surface area contributed by atoms with E-state index < -0.39 is 0 Å². The van der Waals surface area contributed by atoms with Gasteiger partial charge in [-0.1, -0.05) is 13.5 Å². The third-order valence-electron chi connectivity index (χ3n) is 1.17. The predicted octanol–water partition coefficient (Wildman–Crippen LogP) is 0.714. The summed E-state index contributed by atoms with van der Waals surface area (Å²) >= 11 is 0. The van der Waals surface area contributed by atoms with Gasteiger partial charge in [-0.2, -0.15) is 0 Å². The molecule has 64 valence electrons. The molecule has 3 nitrogen and oxygen atoms in total. The van der Waals surface area contributed by atoms with E-state index in [1.165, 1.54) is 6.08 Å². The molecule has 1 unspecified atom stereocenters. The van der Waals surface area contributed by atoms with Gasteiger partial charge >= 0.3 is 5.97 Å². The molecule has 0 fully saturated rings. The largest absolute Gasteiger partial charge is 0.458 e. The molecule has 0 aliphatic rings. The number of esters is 1. The molecule has 0 rings (SSSR count). The number of likely N-dealkylation sites (N-methyl/N-ethyl adjacent to an activating group) is 1. The van der Waals surface area contributed by atoms with Crippen LogP contribution in [0, 0.1) is 0 Å². The summed E-state index contributed by atoms with van der Waals surface area (Å²) in [6.07, 6.45) is 1.09. The molecule has 0 heterocycles. The number of ether oxygens (including phenoxy) is 1. The van der Waals surface area contributed by atoms with Crippen molar-refractivity contribution in [1.82, 2.24) is 5.32 Å². The van der Waals surface area contributed by atoms with Crippen LogP contribution in [0.3, 0.4) is 0 Å². The van der Waals surface area contributed by atoms with Crippen LogP contribution in [0.4, 0.5) is 0 Å². The minimum atomic E-state index is -0.365. The molecule has 0 aromatic carbocycles. The van der Waals surface area contributed by atoms with E-state index in [-0.39, 0.29) is 12.1 Å². The standard InChI is InChI=1S/C8H15NO2/c1-4-8(10)11-7(3)6-9-5-2/h4,7,9H,1,5-6H2,2-3H3. The van der Waals surface area contributed by atoms with Crippen molar-refractivity contribution >= 4 is 5.97 Å². The average Bonchev–Trinajstić information content (AvgIpc) is 2.00. The fourth-order valence-corrected chi connectivity index (χ4v) is 0.636. The highest BCUT2D eigenvalue weighted by atomic mass is 16.5. The Kier molecular flexibility index (Phi) is 5.47. The Bertz CT molecular complexity index is 134. The zero-order valence-corrected chi connectivity index (χ0v) is 7.09. The fourth-order valence-electron chi connectivity index (χ4n) is 0.636. The topological polar surface area (TPSA) is 38.3 Å². The van der Waals surface area contributed by atoms with E-state index in [9.17, 15) is 4.79 Å². The lowest BCUT2D eigenvalue weighted by atomic mass is 10.4. The van der Waals surface area contributed by atoms with Crippen LogP contribution < -0.4 is 5.32 Å². The molecule has 0 aromatic rings. The molecule has 1 atom stereocenters. The maximum atomic E-state index is 10.6. The number of hydrogen-bond donors (Lipinski definition) is 1. The van der Waals surface area contributed by atoms with Gasteiger partial charge in [-0.15, -0.1) is 0 Å². The summed E-state index contributed by atoms with van der Waals surface area (Å²) in [4.78, 5) is 10.6. The normalized spacial score (nSPS) is 12.2. The third kappa shape index (κ3) is 5.61. The Balaban J connectivity index is 3.43. The van der Waals surface area contributed by atoms with Gasteiger partial charge in [0.1, 0.15) is 6.10 Å². The smallest absolute Gasteiger partial charge is 0.330 e. The number of nitrogens with one attached hydrogen (secondary N) is 1. The Morgan fingerprint density at radius 3 is 2.91 bits per heavy atom. The summed E-state index contributed by atoms with van der Waals surface area (Å²) in [7, 11) is 0. The zero-order valence-electron chi connectivity index (χ0n) is 7.09. The number of rotatable bonds is 5. The van der Waals surface area contributed by atoms with Crippen LogP contribution >= 0.6 is 0 Å². The van der Waals surface area contributed by atoms with Gasteiger partial charge in [0.2, 0.25) is 0 Å². The molecular weight excluding hydrogens is 142 g/mol. The fraction of sp³-hybridized carbons (Fsp3) is 0.625. The number of hydrogen-bond acceptors (Lipinski definition) is 3. The quantitative estimate of drug-likeness (QED) is 0.472. The van der Waals surface area contributed by atoms with Crippen molar-refractivity contribution in [2.24, 2.45) is 0 Å². The van der Waals surface area contributed by atoms with Gasteiger partial charge in [0.15, 0.2) is 0 Å². The molecule has 0 amide bonds. The molecule has 0 saturated heterocycles. The van der Waals surface area contributed by atoms with Gasteiger partial charge in [0.05, 0.1) is 0 Å².